The fourth-order valence-electron chi connectivity index (χ4n) is 3.18. The first kappa shape index (κ1) is 13.7. The third kappa shape index (κ3) is 3.46. The predicted octanol–water partition coefficient (Wildman–Crippen LogP) is 2.72. The number of aliphatic imine (C=N–C) groups is 1. The lowest BCUT2D eigenvalue weighted by Crippen LogP contribution is -2.46. The molecule has 1 aliphatic heterocycles. The summed E-state index contributed by atoms with van der Waals surface area (Å²) in [7, 11) is 2.23. The molecular formula is C15H27N3S. The Hall–Kier alpha value is -0.220. The Morgan fingerprint density at radius 2 is 2.05 bits per heavy atom. The summed E-state index contributed by atoms with van der Waals surface area (Å²) in [5.41, 5.74) is 0.387. The smallest absolute Gasteiger partial charge is 0.157 e. The molecule has 3 rings (SSSR count). The van der Waals surface area contributed by atoms with Crippen LogP contribution in [-0.4, -0.2) is 47.5 Å². The van der Waals surface area contributed by atoms with Crippen LogP contribution in [0.15, 0.2) is 4.99 Å². The number of amidine groups is 1. The highest BCUT2D eigenvalue weighted by molar-refractivity contribution is 8.14. The fraction of sp³-hybridized carbons (Fsp3) is 0.933. The Bertz CT molecular complexity index is 343. The zero-order valence-corrected chi connectivity index (χ0v) is 13.1. The van der Waals surface area contributed by atoms with E-state index in [9.17, 15) is 0 Å². The van der Waals surface area contributed by atoms with Gasteiger partial charge in [-0.1, -0.05) is 18.7 Å². The van der Waals surface area contributed by atoms with Gasteiger partial charge in [-0.2, -0.15) is 0 Å². The standard InChI is InChI=1S/C15H27N3S/c1-12-5-7-15(8-6-12)11-19-14(17-15)16-9-10-18(2)13-3-4-13/h12-13H,3-11H2,1-2H3,(H,16,17). The van der Waals surface area contributed by atoms with Gasteiger partial charge in [0.15, 0.2) is 5.17 Å². The predicted molar refractivity (Wildman–Crippen MR) is 83.9 cm³/mol. The molecule has 19 heavy (non-hydrogen) atoms. The van der Waals surface area contributed by atoms with Crippen LogP contribution in [0, 0.1) is 5.92 Å². The van der Waals surface area contributed by atoms with Crippen LogP contribution in [0.2, 0.25) is 0 Å². The third-order valence-electron chi connectivity index (χ3n) is 4.97. The summed E-state index contributed by atoms with van der Waals surface area (Å²) in [5.74, 6) is 2.16. The van der Waals surface area contributed by atoms with Crippen molar-refractivity contribution in [2.75, 3.05) is 25.9 Å². The van der Waals surface area contributed by atoms with E-state index in [0.29, 0.717) is 5.54 Å². The van der Waals surface area contributed by atoms with Crippen LogP contribution in [0.5, 0.6) is 0 Å². The van der Waals surface area contributed by atoms with Gasteiger partial charge in [-0.3, -0.25) is 4.99 Å². The van der Waals surface area contributed by atoms with E-state index in [0.717, 1.165) is 25.0 Å². The summed E-state index contributed by atoms with van der Waals surface area (Å²) in [6.07, 6.45) is 8.21. The highest BCUT2D eigenvalue weighted by Gasteiger charge is 2.39. The quantitative estimate of drug-likeness (QED) is 0.858. The molecule has 0 unspecified atom stereocenters. The van der Waals surface area contributed by atoms with Crippen molar-refractivity contribution in [3.63, 3.8) is 0 Å². The molecule has 4 heteroatoms. The van der Waals surface area contributed by atoms with Crippen LogP contribution in [0.1, 0.15) is 45.4 Å². The second kappa shape index (κ2) is 5.65. The van der Waals surface area contributed by atoms with Gasteiger partial charge in [0.05, 0.1) is 6.54 Å². The molecule has 3 nitrogen and oxygen atoms in total. The average Bonchev–Trinajstić information content (AvgIpc) is 3.18. The van der Waals surface area contributed by atoms with Crippen LogP contribution >= 0.6 is 11.8 Å². The topological polar surface area (TPSA) is 27.6 Å². The maximum absolute atomic E-state index is 4.77. The molecule has 0 bridgehead atoms. The van der Waals surface area contributed by atoms with Gasteiger partial charge in [-0.25, -0.2) is 0 Å². The maximum Gasteiger partial charge on any atom is 0.157 e. The Morgan fingerprint density at radius 1 is 1.32 bits per heavy atom. The van der Waals surface area contributed by atoms with Crippen molar-refractivity contribution in [3.8, 4) is 0 Å². The molecule has 1 N–H and O–H groups in total. The zero-order valence-electron chi connectivity index (χ0n) is 12.3. The summed E-state index contributed by atoms with van der Waals surface area (Å²) in [4.78, 5) is 7.23. The van der Waals surface area contributed by atoms with Crippen molar-refractivity contribution in [2.24, 2.45) is 10.9 Å². The number of likely N-dealkylation sites (N-methyl/N-ethyl adjacent to an activating group) is 1. The minimum Gasteiger partial charge on any atom is -0.359 e. The van der Waals surface area contributed by atoms with Crippen LogP contribution in [-0.2, 0) is 0 Å². The van der Waals surface area contributed by atoms with Gasteiger partial charge in [0.2, 0.25) is 0 Å². The third-order valence-corrected chi connectivity index (χ3v) is 6.17. The zero-order chi connectivity index (χ0) is 13.3. The van der Waals surface area contributed by atoms with Gasteiger partial charge >= 0.3 is 0 Å². The molecule has 0 radical (unpaired) electrons. The summed E-state index contributed by atoms with van der Waals surface area (Å²) >= 11 is 1.95. The van der Waals surface area contributed by atoms with E-state index in [1.807, 2.05) is 11.8 Å². The van der Waals surface area contributed by atoms with Crippen molar-refractivity contribution in [1.29, 1.82) is 0 Å². The van der Waals surface area contributed by atoms with Crippen molar-refractivity contribution in [3.05, 3.63) is 0 Å². The minimum atomic E-state index is 0.387. The summed E-state index contributed by atoms with van der Waals surface area (Å²) in [5, 5.41) is 4.95. The molecule has 2 saturated carbocycles. The van der Waals surface area contributed by atoms with Gasteiger partial charge in [0, 0.05) is 23.9 Å². The molecule has 0 aromatic rings. The highest BCUT2D eigenvalue weighted by atomic mass is 32.2. The van der Waals surface area contributed by atoms with Gasteiger partial charge in [-0.05, 0) is 51.5 Å². The van der Waals surface area contributed by atoms with Crippen LogP contribution in [0.4, 0.5) is 0 Å². The molecule has 0 aromatic carbocycles. The second-order valence-electron chi connectivity index (χ2n) is 6.78. The number of hydrogen-bond acceptors (Lipinski definition) is 3. The number of thioether (sulfide) groups is 1. The summed E-state index contributed by atoms with van der Waals surface area (Å²) in [6, 6.07) is 0.857. The van der Waals surface area contributed by atoms with E-state index < -0.39 is 0 Å². The van der Waals surface area contributed by atoms with Gasteiger partial charge in [0.1, 0.15) is 0 Å². The van der Waals surface area contributed by atoms with E-state index in [1.54, 1.807) is 0 Å². The first-order chi connectivity index (χ1) is 9.17. The van der Waals surface area contributed by atoms with Crippen molar-refractivity contribution < 1.29 is 0 Å². The first-order valence-electron chi connectivity index (χ1n) is 7.83. The van der Waals surface area contributed by atoms with Gasteiger partial charge in [-0.15, -0.1) is 0 Å². The minimum absolute atomic E-state index is 0.387. The van der Waals surface area contributed by atoms with E-state index in [4.69, 9.17) is 4.99 Å². The van der Waals surface area contributed by atoms with Gasteiger partial charge in [0.25, 0.3) is 0 Å². The largest absolute Gasteiger partial charge is 0.359 e. The van der Waals surface area contributed by atoms with E-state index in [-0.39, 0.29) is 0 Å². The SMILES string of the molecule is CC1CCC2(CC1)CSC(=NCCN(C)C1CC1)N2. The molecule has 1 saturated heterocycles. The molecular weight excluding hydrogens is 254 g/mol. The van der Waals surface area contributed by atoms with Gasteiger partial charge < -0.3 is 10.2 Å². The van der Waals surface area contributed by atoms with Crippen molar-refractivity contribution >= 4 is 16.9 Å². The van der Waals surface area contributed by atoms with Crippen molar-refractivity contribution in [2.45, 2.75) is 57.0 Å². The normalized spacial score (nSPS) is 37.2. The fourth-order valence-corrected chi connectivity index (χ4v) is 4.43. The second-order valence-corrected chi connectivity index (χ2v) is 7.74. The molecule has 2 aliphatic carbocycles. The Balaban J connectivity index is 1.45. The molecule has 3 aliphatic rings. The lowest BCUT2D eigenvalue weighted by atomic mass is 9.78. The number of rotatable bonds is 4. The lowest BCUT2D eigenvalue weighted by Gasteiger charge is -2.35. The molecule has 1 spiro atoms. The first-order valence-corrected chi connectivity index (χ1v) is 8.81. The van der Waals surface area contributed by atoms with E-state index in [2.05, 4.69) is 24.2 Å². The van der Waals surface area contributed by atoms with Crippen molar-refractivity contribution in [1.82, 2.24) is 10.2 Å². The average molecular weight is 281 g/mol. The monoisotopic (exact) mass is 281 g/mol. The molecule has 0 atom stereocenters. The van der Waals surface area contributed by atoms with Crippen LogP contribution < -0.4 is 5.32 Å². The van der Waals surface area contributed by atoms with Crippen LogP contribution in [0.3, 0.4) is 0 Å². The Labute approximate surface area is 121 Å². The number of hydrogen-bond donors (Lipinski definition) is 1. The Morgan fingerprint density at radius 3 is 2.74 bits per heavy atom. The Kier molecular flexibility index (Phi) is 4.08. The molecule has 0 amide bonds. The lowest BCUT2D eigenvalue weighted by molar-refractivity contribution is 0.250. The maximum atomic E-state index is 4.77. The molecule has 3 fully saturated rings. The van der Waals surface area contributed by atoms with E-state index in [1.165, 1.54) is 49.4 Å². The van der Waals surface area contributed by atoms with Crippen LogP contribution in [0.25, 0.3) is 0 Å². The number of nitrogens with zero attached hydrogens (tertiary/aromatic N) is 2. The number of nitrogens with one attached hydrogen (secondary N) is 1. The summed E-state index contributed by atoms with van der Waals surface area (Å²) < 4.78 is 0. The molecule has 108 valence electrons. The summed E-state index contributed by atoms with van der Waals surface area (Å²) in [6.45, 7) is 4.45. The molecule has 0 aromatic heterocycles. The van der Waals surface area contributed by atoms with E-state index >= 15 is 0 Å². The highest BCUT2D eigenvalue weighted by Crippen LogP contribution is 2.38. The molecule has 1 heterocycles.